The van der Waals surface area contributed by atoms with E-state index in [1.165, 1.54) is 17.7 Å². The number of rotatable bonds is 6. The fraction of sp³-hybridized carbons (Fsp3) is 0.552. The molecule has 0 atom stereocenters. The van der Waals surface area contributed by atoms with Crippen LogP contribution < -0.4 is 14.4 Å². The van der Waals surface area contributed by atoms with Gasteiger partial charge < -0.3 is 19.3 Å². The summed E-state index contributed by atoms with van der Waals surface area (Å²) in [5.74, 6) is 2.17. The standard InChI is InChI=1S/C29H36F3N3O3/c1-21(2)18-28(8-10-33(11-9-28)19-22-6-7-25-26(16-22)38-20-37-25)27(36)35-14-12-34(13-15-35)24-5-3-4-23(17-24)29(30,31)32/h3-7,16-17,21H,8-15,18-20H2,1-2H3. The van der Waals surface area contributed by atoms with Gasteiger partial charge in [0.05, 0.1) is 11.0 Å². The van der Waals surface area contributed by atoms with Crippen molar-refractivity contribution in [2.24, 2.45) is 11.3 Å². The predicted octanol–water partition coefficient (Wildman–Crippen LogP) is 5.41. The lowest BCUT2D eigenvalue weighted by atomic mass is 9.71. The number of hydrogen-bond donors (Lipinski definition) is 0. The smallest absolute Gasteiger partial charge is 0.416 e. The van der Waals surface area contributed by atoms with Crippen LogP contribution in [0.25, 0.3) is 0 Å². The molecule has 3 heterocycles. The van der Waals surface area contributed by atoms with Crippen molar-refractivity contribution in [1.82, 2.24) is 9.80 Å². The minimum absolute atomic E-state index is 0.206. The number of carbonyl (C=O) groups is 1. The highest BCUT2D eigenvalue weighted by Crippen LogP contribution is 2.41. The van der Waals surface area contributed by atoms with Crippen molar-refractivity contribution in [1.29, 1.82) is 0 Å². The number of hydrogen-bond acceptors (Lipinski definition) is 5. The number of piperidine rings is 1. The molecule has 3 aliphatic rings. The first kappa shape index (κ1) is 26.7. The Balaban J connectivity index is 1.20. The quantitative estimate of drug-likeness (QED) is 0.499. The molecule has 0 spiro atoms. The number of amides is 1. The van der Waals surface area contributed by atoms with Crippen molar-refractivity contribution in [3.05, 3.63) is 53.6 Å². The molecule has 9 heteroatoms. The van der Waals surface area contributed by atoms with E-state index in [-0.39, 0.29) is 12.7 Å². The number of ether oxygens (including phenoxy) is 2. The summed E-state index contributed by atoms with van der Waals surface area (Å²) in [7, 11) is 0. The SMILES string of the molecule is CC(C)CC1(C(=O)N2CCN(c3cccc(C(F)(F)F)c3)CC2)CCN(Cc2ccc3c(c2)OCO3)CC1. The van der Waals surface area contributed by atoms with Crippen molar-refractivity contribution in [2.45, 2.75) is 45.8 Å². The lowest BCUT2D eigenvalue weighted by Crippen LogP contribution is -2.56. The molecular formula is C29H36F3N3O3. The number of fused-ring (bicyclic) bond motifs is 1. The molecule has 2 fully saturated rings. The normalized spacial score (nSPS) is 19.7. The predicted molar refractivity (Wildman–Crippen MR) is 139 cm³/mol. The third-order valence-electron chi connectivity index (χ3n) is 8.01. The zero-order valence-electron chi connectivity index (χ0n) is 22.1. The Morgan fingerprint density at radius 3 is 2.34 bits per heavy atom. The van der Waals surface area contributed by atoms with Crippen LogP contribution in [0.1, 0.15) is 44.2 Å². The van der Waals surface area contributed by atoms with Gasteiger partial charge in [0.15, 0.2) is 11.5 Å². The van der Waals surface area contributed by atoms with Crippen LogP contribution in [0.15, 0.2) is 42.5 Å². The van der Waals surface area contributed by atoms with Crippen molar-refractivity contribution >= 4 is 11.6 Å². The molecule has 6 nitrogen and oxygen atoms in total. The van der Waals surface area contributed by atoms with E-state index in [0.717, 1.165) is 56.5 Å². The Hall–Kier alpha value is -2.94. The highest BCUT2D eigenvalue weighted by molar-refractivity contribution is 5.83. The molecule has 5 rings (SSSR count). The van der Waals surface area contributed by atoms with Gasteiger partial charge in [0.1, 0.15) is 0 Å². The number of halogens is 3. The summed E-state index contributed by atoms with van der Waals surface area (Å²) in [6, 6.07) is 11.5. The van der Waals surface area contributed by atoms with E-state index in [0.29, 0.717) is 37.8 Å². The minimum atomic E-state index is -4.37. The number of piperazine rings is 1. The zero-order chi connectivity index (χ0) is 26.9. The van der Waals surface area contributed by atoms with Crippen LogP contribution in [0, 0.1) is 11.3 Å². The molecule has 206 valence electrons. The molecular weight excluding hydrogens is 495 g/mol. The Bertz CT molecular complexity index is 1140. The van der Waals surface area contributed by atoms with Gasteiger partial charge in [-0.25, -0.2) is 0 Å². The maximum Gasteiger partial charge on any atom is 0.416 e. The summed E-state index contributed by atoms with van der Waals surface area (Å²) >= 11 is 0. The summed E-state index contributed by atoms with van der Waals surface area (Å²) in [6.45, 7) is 9.19. The second-order valence-corrected chi connectivity index (χ2v) is 11.2. The highest BCUT2D eigenvalue weighted by Gasteiger charge is 2.44. The number of nitrogens with zero attached hydrogens (tertiary/aromatic N) is 3. The van der Waals surface area contributed by atoms with Crippen LogP contribution in [0.3, 0.4) is 0 Å². The van der Waals surface area contributed by atoms with Crippen LogP contribution >= 0.6 is 0 Å². The summed E-state index contributed by atoms with van der Waals surface area (Å²) < 4.78 is 50.4. The Labute approximate surface area is 222 Å². The number of anilines is 1. The average molecular weight is 532 g/mol. The number of alkyl halides is 3. The minimum Gasteiger partial charge on any atom is -0.454 e. The Morgan fingerprint density at radius 2 is 1.66 bits per heavy atom. The molecule has 0 aliphatic carbocycles. The van der Waals surface area contributed by atoms with Crippen molar-refractivity contribution in [2.75, 3.05) is 51.0 Å². The monoisotopic (exact) mass is 531 g/mol. The molecule has 0 unspecified atom stereocenters. The van der Waals surface area contributed by atoms with Crippen molar-refractivity contribution in [3.63, 3.8) is 0 Å². The lowest BCUT2D eigenvalue weighted by Gasteiger charge is -2.46. The van der Waals surface area contributed by atoms with Gasteiger partial charge in [-0.3, -0.25) is 9.69 Å². The van der Waals surface area contributed by atoms with Crippen LogP contribution in [0.5, 0.6) is 11.5 Å². The third kappa shape index (κ3) is 5.72. The van der Waals surface area contributed by atoms with Gasteiger partial charge in [-0.05, 0) is 74.2 Å². The van der Waals surface area contributed by atoms with E-state index in [1.807, 2.05) is 21.9 Å². The van der Waals surface area contributed by atoms with E-state index in [1.54, 1.807) is 6.07 Å². The van der Waals surface area contributed by atoms with E-state index < -0.39 is 17.2 Å². The first-order valence-electron chi connectivity index (χ1n) is 13.5. The fourth-order valence-corrected chi connectivity index (χ4v) is 6.11. The first-order valence-corrected chi connectivity index (χ1v) is 13.5. The van der Waals surface area contributed by atoms with Gasteiger partial charge in [0.2, 0.25) is 12.7 Å². The molecule has 0 N–H and O–H groups in total. The number of likely N-dealkylation sites (tertiary alicyclic amines) is 1. The lowest BCUT2D eigenvalue weighted by molar-refractivity contribution is -0.147. The number of carbonyl (C=O) groups excluding carboxylic acids is 1. The van der Waals surface area contributed by atoms with Gasteiger partial charge in [0, 0.05) is 38.4 Å². The van der Waals surface area contributed by atoms with Crippen molar-refractivity contribution < 1.29 is 27.4 Å². The van der Waals surface area contributed by atoms with Gasteiger partial charge >= 0.3 is 6.18 Å². The summed E-state index contributed by atoms with van der Waals surface area (Å²) in [4.78, 5) is 20.2. The molecule has 2 aromatic carbocycles. The van der Waals surface area contributed by atoms with E-state index >= 15 is 0 Å². The van der Waals surface area contributed by atoms with Gasteiger partial charge in [-0.2, -0.15) is 13.2 Å². The molecule has 2 aromatic rings. The molecule has 1 amide bonds. The molecule has 2 saturated heterocycles. The molecule has 0 radical (unpaired) electrons. The summed E-state index contributed by atoms with van der Waals surface area (Å²) in [5.41, 5.74) is 0.693. The van der Waals surface area contributed by atoms with Gasteiger partial charge in [-0.1, -0.05) is 26.0 Å². The second kappa shape index (κ2) is 10.7. The van der Waals surface area contributed by atoms with E-state index in [4.69, 9.17) is 9.47 Å². The largest absolute Gasteiger partial charge is 0.454 e. The molecule has 3 aliphatic heterocycles. The molecule has 38 heavy (non-hydrogen) atoms. The summed E-state index contributed by atoms with van der Waals surface area (Å²) in [5, 5.41) is 0. The fourth-order valence-electron chi connectivity index (χ4n) is 6.11. The zero-order valence-corrected chi connectivity index (χ0v) is 22.1. The van der Waals surface area contributed by atoms with Gasteiger partial charge in [-0.15, -0.1) is 0 Å². The van der Waals surface area contributed by atoms with E-state index in [9.17, 15) is 18.0 Å². The summed E-state index contributed by atoms with van der Waals surface area (Å²) in [6.07, 6.45) is -1.91. The third-order valence-corrected chi connectivity index (χ3v) is 8.01. The highest BCUT2D eigenvalue weighted by atomic mass is 19.4. The first-order chi connectivity index (χ1) is 18.1. The Kier molecular flexibility index (Phi) is 7.49. The average Bonchev–Trinajstić information content (AvgIpc) is 3.37. The topological polar surface area (TPSA) is 45.3 Å². The Morgan fingerprint density at radius 1 is 0.947 bits per heavy atom. The molecule has 0 saturated carbocycles. The van der Waals surface area contributed by atoms with Gasteiger partial charge in [0.25, 0.3) is 0 Å². The van der Waals surface area contributed by atoms with E-state index in [2.05, 4.69) is 24.8 Å². The maximum absolute atomic E-state index is 13.9. The van der Waals surface area contributed by atoms with Crippen LogP contribution in [-0.4, -0.2) is 61.8 Å². The molecule has 0 aromatic heterocycles. The second-order valence-electron chi connectivity index (χ2n) is 11.2. The maximum atomic E-state index is 13.9. The molecule has 0 bridgehead atoms. The van der Waals surface area contributed by atoms with Crippen LogP contribution in [0.4, 0.5) is 18.9 Å². The van der Waals surface area contributed by atoms with Crippen LogP contribution in [-0.2, 0) is 17.5 Å². The number of benzene rings is 2. The van der Waals surface area contributed by atoms with Crippen LogP contribution in [0.2, 0.25) is 0 Å². The van der Waals surface area contributed by atoms with Crippen molar-refractivity contribution in [3.8, 4) is 11.5 Å².